The third kappa shape index (κ3) is 6.94. The topological polar surface area (TPSA) is 159 Å². The number of nitriles is 1. The summed E-state index contributed by atoms with van der Waals surface area (Å²) in [6.45, 7) is 1.86. The first-order valence-electron chi connectivity index (χ1n) is 13.2. The second kappa shape index (κ2) is 12.8. The Balaban J connectivity index is 1.63. The molecule has 0 spiro atoms. The minimum atomic E-state index is -1.54. The van der Waals surface area contributed by atoms with Gasteiger partial charge >= 0.3 is 18.0 Å². The van der Waals surface area contributed by atoms with E-state index in [4.69, 9.17) is 10.2 Å². The molecule has 1 heterocycles. The van der Waals surface area contributed by atoms with Crippen LogP contribution in [0.3, 0.4) is 0 Å². The number of aliphatic carboxylic acids is 2. The Bertz CT molecular complexity index is 1560. The molecule has 0 bridgehead atoms. The van der Waals surface area contributed by atoms with Gasteiger partial charge in [-0.15, -0.1) is 0 Å². The largest absolute Gasteiger partial charge is 0.480 e. The lowest BCUT2D eigenvalue weighted by molar-refractivity contribution is -0.147. The smallest absolute Gasteiger partial charge is 0.335 e. The molecule has 1 atom stereocenters. The number of amides is 4. The van der Waals surface area contributed by atoms with Crippen molar-refractivity contribution in [2.24, 2.45) is 5.92 Å². The Morgan fingerprint density at radius 3 is 1.79 bits per heavy atom. The van der Waals surface area contributed by atoms with Crippen LogP contribution >= 0.6 is 0 Å². The molecule has 1 fully saturated rings. The van der Waals surface area contributed by atoms with Crippen molar-refractivity contribution in [1.82, 2.24) is 9.80 Å². The number of rotatable bonds is 9. The standard InChI is InChI=1S/C32H28N4O7/c1-20-3-9-24(10-4-20)36(25-11-5-21(2)6-12-25)26-13-7-22(8-14-26)15-23(17-33)16-27-30(41)34(18-28(37)38)32(43)35(31(27)42)19-29(39)40/h3-7,9-16,22H,8,18-19H2,1-2H3,(H,37,38)(H,39,40)/b23-15+. The second-order valence-corrected chi connectivity index (χ2v) is 10.0. The van der Waals surface area contributed by atoms with Crippen LogP contribution < -0.4 is 4.90 Å². The van der Waals surface area contributed by atoms with Gasteiger partial charge in [0.2, 0.25) is 0 Å². The number of nitrogens with zero attached hydrogens (tertiary/aromatic N) is 4. The number of carboxylic acids is 2. The molecular weight excluding hydrogens is 552 g/mol. The Morgan fingerprint density at radius 1 is 0.907 bits per heavy atom. The van der Waals surface area contributed by atoms with E-state index in [0.29, 0.717) is 6.42 Å². The molecule has 2 aliphatic rings. The molecule has 11 heteroatoms. The van der Waals surface area contributed by atoms with Crippen molar-refractivity contribution >= 4 is 41.2 Å². The van der Waals surface area contributed by atoms with Crippen LogP contribution in [0.25, 0.3) is 0 Å². The monoisotopic (exact) mass is 580 g/mol. The van der Waals surface area contributed by atoms with Crippen LogP contribution in [0, 0.1) is 31.1 Å². The highest BCUT2D eigenvalue weighted by Crippen LogP contribution is 2.33. The predicted molar refractivity (Wildman–Crippen MR) is 156 cm³/mol. The number of benzene rings is 2. The number of carboxylic acid groups (broad SMARTS) is 2. The fourth-order valence-electron chi connectivity index (χ4n) is 4.63. The summed E-state index contributed by atoms with van der Waals surface area (Å²) in [7, 11) is 0. The lowest BCUT2D eigenvalue weighted by Gasteiger charge is -2.32. The van der Waals surface area contributed by atoms with E-state index in [2.05, 4.69) is 4.90 Å². The van der Waals surface area contributed by atoms with E-state index in [-0.39, 0.29) is 21.3 Å². The molecule has 1 unspecified atom stereocenters. The number of carbonyl (C=O) groups is 5. The molecule has 218 valence electrons. The number of urea groups is 1. The maximum atomic E-state index is 12.9. The van der Waals surface area contributed by atoms with Crippen LogP contribution in [0.1, 0.15) is 17.5 Å². The van der Waals surface area contributed by atoms with Crippen molar-refractivity contribution < 1.29 is 34.2 Å². The molecule has 1 aliphatic heterocycles. The molecular formula is C32H28N4O7. The fraction of sp³-hybridized carbons (Fsp3) is 0.188. The van der Waals surface area contributed by atoms with Crippen LogP contribution in [0.4, 0.5) is 16.2 Å². The van der Waals surface area contributed by atoms with Crippen LogP contribution in [0.5, 0.6) is 0 Å². The average Bonchev–Trinajstić information content (AvgIpc) is 2.97. The van der Waals surface area contributed by atoms with Gasteiger partial charge in [0.25, 0.3) is 11.8 Å². The summed E-state index contributed by atoms with van der Waals surface area (Å²) >= 11 is 0. The van der Waals surface area contributed by atoms with E-state index in [1.165, 1.54) is 0 Å². The van der Waals surface area contributed by atoms with Crippen LogP contribution in [-0.2, 0) is 19.2 Å². The normalized spacial score (nSPS) is 17.0. The van der Waals surface area contributed by atoms with Gasteiger partial charge in [-0.1, -0.05) is 53.6 Å². The van der Waals surface area contributed by atoms with Gasteiger partial charge in [-0.3, -0.25) is 19.2 Å². The quantitative estimate of drug-likeness (QED) is 0.251. The van der Waals surface area contributed by atoms with Gasteiger partial charge < -0.3 is 15.1 Å². The van der Waals surface area contributed by atoms with Crippen molar-refractivity contribution in [3.63, 3.8) is 0 Å². The molecule has 2 aromatic carbocycles. The lowest BCUT2D eigenvalue weighted by Crippen LogP contribution is -2.58. The molecule has 1 aliphatic carbocycles. The third-order valence-corrected chi connectivity index (χ3v) is 6.78. The zero-order valence-electron chi connectivity index (χ0n) is 23.4. The van der Waals surface area contributed by atoms with Gasteiger partial charge in [-0.2, -0.15) is 5.26 Å². The van der Waals surface area contributed by atoms with E-state index in [1.807, 2.05) is 86.7 Å². The molecule has 4 rings (SSSR count). The highest BCUT2D eigenvalue weighted by Gasteiger charge is 2.43. The SMILES string of the molecule is Cc1ccc(N(C2=CCC(/C=C(/C#N)C=C3C(=O)N(CC(=O)O)C(=O)N(CC(=O)O)C3=O)C=C2)c2ccc(C)cc2)cc1. The van der Waals surface area contributed by atoms with Crippen molar-refractivity contribution in [3.05, 3.63) is 107 Å². The van der Waals surface area contributed by atoms with Crippen LogP contribution in [0.2, 0.25) is 0 Å². The number of hydrogen-bond donors (Lipinski definition) is 2. The first kappa shape index (κ1) is 30.2. The van der Waals surface area contributed by atoms with Gasteiger partial charge in [0.05, 0.1) is 6.07 Å². The number of hydrogen-bond acceptors (Lipinski definition) is 7. The summed E-state index contributed by atoms with van der Waals surface area (Å²) in [4.78, 5) is 63.4. The molecule has 4 amide bonds. The average molecular weight is 581 g/mol. The maximum Gasteiger partial charge on any atom is 0.335 e. The van der Waals surface area contributed by atoms with E-state index in [9.17, 15) is 29.2 Å². The second-order valence-electron chi connectivity index (χ2n) is 10.0. The maximum absolute atomic E-state index is 12.9. The van der Waals surface area contributed by atoms with Crippen molar-refractivity contribution in [3.8, 4) is 6.07 Å². The van der Waals surface area contributed by atoms with Crippen LogP contribution in [0.15, 0.2) is 95.8 Å². The van der Waals surface area contributed by atoms with Crippen molar-refractivity contribution in [1.29, 1.82) is 5.26 Å². The molecule has 43 heavy (non-hydrogen) atoms. The van der Waals surface area contributed by atoms with E-state index < -0.39 is 48.4 Å². The van der Waals surface area contributed by atoms with Crippen molar-refractivity contribution in [2.75, 3.05) is 18.0 Å². The highest BCUT2D eigenvalue weighted by molar-refractivity contribution is 6.29. The summed E-state index contributed by atoms with van der Waals surface area (Å²) in [6.07, 6.45) is 8.76. The minimum Gasteiger partial charge on any atom is -0.480 e. The fourth-order valence-corrected chi connectivity index (χ4v) is 4.63. The molecule has 2 N–H and O–H groups in total. The Kier molecular flexibility index (Phi) is 9.01. The summed E-state index contributed by atoms with van der Waals surface area (Å²) < 4.78 is 0. The molecule has 2 aromatic rings. The summed E-state index contributed by atoms with van der Waals surface area (Å²) in [6, 6.07) is 16.8. The number of carbonyl (C=O) groups excluding carboxylic acids is 3. The number of imide groups is 2. The Hall–Kier alpha value is -5.76. The number of anilines is 2. The number of allylic oxidation sites excluding steroid dienone is 6. The highest BCUT2D eigenvalue weighted by atomic mass is 16.4. The van der Waals surface area contributed by atoms with Crippen LogP contribution in [-0.4, -0.2) is 62.9 Å². The summed E-state index contributed by atoms with van der Waals surface area (Å²) in [5.41, 5.74) is 4.30. The Labute approximate surface area is 247 Å². The van der Waals surface area contributed by atoms with Gasteiger partial charge in [-0.25, -0.2) is 14.6 Å². The molecule has 0 aromatic heterocycles. The zero-order valence-corrected chi connectivity index (χ0v) is 23.4. The zero-order chi connectivity index (χ0) is 31.3. The summed E-state index contributed by atoms with van der Waals surface area (Å²) in [5, 5.41) is 28.1. The minimum absolute atomic E-state index is 0.0861. The molecule has 0 radical (unpaired) electrons. The first-order chi connectivity index (χ1) is 20.5. The molecule has 1 saturated heterocycles. The van der Waals surface area contributed by atoms with Gasteiger partial charge in [0.15, 0.2) is 0 Å². The third-order valence-electron chi connectivity index (χ3n) is 6.78. The number of aryl methyl sites for hydroxylation is 2. The first-order valence-corrected chi connectivity index (χ1v) is 13.2. The molecule has 11 nitrogen and oxygen atoms in total. The Morgan fingerprint density at radius 2 is 1.40 bits per heavy atom. The predicted octanol–water partition coefficient (Wildman–Crippen LogP) is 4.24. The van der Waals surface area contributed by atoms with E-state index >= 15 is 0 Å². The van der Waals surface area contributed by atoms with E-state index in [0.717, 1.165) is 34.3 Å². The number of barbiturate groups is 1. The van der Waals surface area contributed by atoms with E-state index in [1.54, 1.807) is 6.08 Å². The summed E-state index contributed by atoms with van der Waals surface area (Å²) in [5.74, 6) is -5.83. The van der Waals surface area contributed by atoms with Gasteiger partial charge in [0.1, 0.15) is 18.7 Å². The van der Waals surface area contributed by atoms with Crippen molar-refractivity contribution in [2.45, 2.75) is 20.3 Å². The lowest BCUT2D eigenvalue weighted by atomic mass is 9.95. The van der Waals surface area contributed by atoms with Gasteiger partial charge in [0, 0.05) is 28.6 Å². The molecule has 0 saturated carbocycles. The van der Waals surface area contributed by atoms with Gasteiger partial charge in [-0.05, 0) is 56.7 Å².